The standard InChI is InChI=1S/C19H20F2N4O2S/c1-4-11(3)25-18(27)17-15(7-10(2)22-17)24-19(25)28-9-16(26)23-14-8-12(20)5-6-13(14)21/h5-8,11,22H,4,9H2,1-3H3,(H,23,26). The zero-order valence-corrected chi connectivity index (χ0v) is 16.5. The molecule has 1 atom stereocenters. The summed E-state index contributed by atoms with van der Waals surface area (Å²) in [7, 11) is 0. The molecular weight excluding hydrogens is 386 g/mol. The molecular formula is C19H20F2N4O2S. The molecule has 6 nitrogen and oxygen atoms in total. The maximum Gasteiger partial charge on any atom is 0.278 e. The maximum absolute atomic E-state index is 13.7. The number of carbonyl (C=O) groups is 1. The lowest BCUT2D eigenvalue weighted by Crippen LogP contribution is -2.26. The predicted octanol–water partition coefficient (Wildman–Crippen LogP) is 4.01. The number of amides is 1. The fourth-order valence-electron chi connectivity index (χ4n) is 2.77. The van der Waals surface area contributed by atoms with Crippen LogP contribution in [0.15, 0.2) is 34.2 Å². The van der Waals surface area contributed by atoms with Gasteiger partial charge in [0.15, 0.2) is 5.16 Å². The first-order chi connectivity index (χ1) is 13.3. The molecule has 2 N–H and O–H groups in total. The van der Waals surface area contributed by atoms with E-state index in [0.717, 1.165) is 35.7 Å². The van der Waals surface area contributed by atoms with E-state index in [0.29, 0.717) is 22.6 Å². The molecule has 1 amide bonds. The number of benzene rings is 1. The molecule has 0 bridgehead atoms. The van der Waals surface area contributed by atoms with Gasteiger partial charge in [0, 0.05) is 17.8 Å². The average Bonchev–Trinajstić information content (AvgIpc) is 3.03. The van der Waals surface area contributed by atoms with Crippen molar-refractivity contribution in [2.75, 3.05) is 11.1 Å². The maximum atomic E-state index is 13.7. The summed E-state index contributed by atoms with van der Waals surface area (Å²) in [6, 6.07) is 4.49. The number of halogens is 2. The first kappa shape index (κ1) is 20.1. The molecule has 0 aliphatic carbocycles. The van der Waals surface area contributed by atoms with Crippen molar-refractivity contribution in [2.45, 2.75) is 38.4 Å². The minimum absolute atomic E-state index is 0.103. The van der Waals surface area contributed by atoms with E-state index in [1.54, 1.807) is 10.6 Å². The van der Waals surface area contributed by atoms with Gasteiger partial charge in [-0.3, -0.25) is 14.2 Å². The van der Waals surface area contributed by atoms with E-state index < -0.39 is 17.5 Å². The van der Waals surface area contributed by atoms with Gasteiger partial charge >= 0.3 is 0 Å². The van der Waals surface area contributed by atoms with Gasteiger partial charge < -0.3 is 10.3 Å². The monoisotopic (exact) mass is 406 g/mol. The van der Waals surface area contributed by atoms with E-state index in [9.17, 15) is 18.4 Å². The van der Waals surface area contributed by atoms with Gasteiger partial charge in [-0.15, -0.1) is 0 Å². The number of aromatic nitrogens is 3. The smallest absolute Gasteiger partial charge is 0.278 e. The summed E-state index contributed by atoms with van der Waals surface area (Å²) in [6.45, 7) is 5.69. The third-order valence-corrected chi connectivity index (χ3v) is 5.31. The summed E-state index contributed by atoms with van der Waals surface area (Å²) in [5.74, 6) is -2.00. The van der Waals surface area contributed by atoms with E-state index in [2.05, 4.69) is 15.3 Å². The first-order valence-electron chi connectivity index (χ1n) is 8.79. The van der Waals surface area contributed by atoms with Crippen molar-refractivity contribution in [3.05, 3.63) is 51.9 Å². The molecule has 0 saturated carbocycles. The van der Waals surface area contributed by atoms with E-state index >= 15 is 0 Å². The zero-order chi connectivity index (χ0) is 20.4. The Bertz CT molecular complexity index is 1090. The summed E-state index contributed by atoms with van der Waals surface area (Å²) in [4.78, 5) is 32.6. The molecule has 0 fully saturated rings. The molecule has 2 heterocycles. The molecule has 0 saturated heterocycles. The SMILES string of the molecule is CCC(C)n1c(SCC(=O)Nc2cc(F)ccc2F)nc2cc(C)[nH]c2c1=O. The van der Waals surface area contributed by atoms with Gasteiger partial charge in [0.2, 0.25) is 5.91 Å². The number of rotatable bonds is 6. The Balaban J connectivity index is 1.86. The Hall–Kier alpha value is -2.68. The second kappa shape index (κ2) is 8.14. The van der Waals surface area contributed by atoms with Crippen molar-refractivity contribution in [3.8, 4) is 0 Å². The molecule has 9 heteroatoms. The molecule has 0 aliphatic rings. The van der Waals surface area contributed by atoms with Crippen LogP contribution in [-0.4, -0.2) is 26.2 Å². The predicted molar refractivity (Wildman–Crippen MR) is 106 cm³/mol. The van der Waals surface area contributed by atoms with Crippen molar-refractivity contribution < 1.29 is 13.6 Å². The minimum atomic E-state index is -0.724. The van der Waals surface area contributed by atoms with Crippen LogP contribution in [0.5, 0.6) is 0 Å². The number of carbonyl (C=O) groups excluding carboxylic acids is 1. The Morgan fingerprint density at radius 2 is 2.11 bits per heavy atom. The van der Waals surface area contributed by atoms with Crippen molar-refractivity contribution in [2.24, 2.45) is 0 Å². The number of hydrogen-bond donors (Lipinski definition) is 2. The van der Waals surface area contributed by atoms with Crippen LogP contribution in [0.1, 0.15) is 32.0 Å². The van der Waals surface area contributed by atoms with E-state index in [1.165, 1.54) is 0 Å². The molecule has 3 aromatic rings. The molecule has 148 valence electrons. The lowest BCUT2D eigenvalue weighted by molar-refractivity contribution is -0.113. The molecule has 1 aromatic carbocycles. The highest BCUT2D eigenvalue weighted by atomic mass is 32.2. The third kappa shape index (κ3) is 4.09. The number of H-pyrrole nitrogens is 1. The van der Waals surface area contributed by atoms with Crippen LogP contribution < -0.4 is 10.9 Å². The number of aromatic amines is 1. The van der Waals surface area contributed by atoms with Gasteiger partial charge in [-0.05, 0) is 38.5 Å². The van der Waals surface area contributed by atoms with Crippen LogP contribution in [0.2, 0.25) is 0 Å². The molecule has 0 spiro atoms. The Kier molecular flexibility index (Phi) is 5.83. The summed E-state index contributed by atoms with van der Waals surface area (Å²) in [5.41, 5.74) is 1.34. The van der Waals surface area contributed by atoms with Gasteiger partial charge in [-0.2, -0.15) is 0 Å². The van der Waals surface area contributed by atoms with E-state index in [1.807, 2.05) is 20.8 Å². The highest BCUT2D eigenvalue weighted by Gasteiger charge is 2.18. The molecule has 0 aliphatic heterocycles. The van der Waals surface area contributed by atoms with Crippen molar-refractivity contribution in [1.29, 1.82) is 0 Å². The third-order valence-electron chi connectivity index (χ3n) is 4.35. The minimum Gasteiger partial charge on any atom is -0.353 e. The summed E-state index contributed by atoms with van der Waals surface area (Å²) in [5, 5.41) is 2.75. The number of nitrogens with one attached hydrogen (secondary N) is 2. The highest BCUT2D eigenvalue weighted by Crippen LogP contribution is 2.23. The summed E-state index contributed by atoms with van der Waals surface area (Å²) < 4.78 is 28.5. The Morgan fingerprint density at radius 1 is 1.36 bits per heavy atom. The Labute approximate surface area is 164 Å². The second-order valence-corrected chi connectivity index (χ2v) is 7.44. The number of thioether (sulfide) groups is 1. The molecule has 1 unspecified atom stereocenters. The van der Waals surface area contributed by atoms with E-state index in [4.69, 9.17) is 0 Å². The number of nitrogens with zero attached hydrogens (tertiary/aromatic N) is 2. The topological polar surface area (TPSA) is 79.8 Å². The van der Waals surface area contributed by atoms with Crippen LogP contribution >= 0.6 is 11.8 Å². The summed E-state index contributed by atoms with van der Waals surface area (Å²) in [6.07, 6.45) is 0.709. The van der Waals surface area contributed by atoms with Crippen molar-refractivity contribution >= 4 is 34.4 Å². The van der Waals surface area contributed by atoms with Gasteiger partial charge in [0.1, 0.15) is 17.2 Å². The van der Waals surface area contributed by atoms with Crippen molar-refractivity contribution in [3.63, 3.8) is 0 Å². The number of anilines is 1. The van der Waals surface area contributed by atoms with Gasteiger partial charge in [-0.1, -0.05) is 18.7 Å². The van der Waals surface area contributed by atoms with Crippen molar-refractivity contribution in [1.82, 2.24) is 14.5 Å². The number of hydrogen-bond acceptors (Lipinski definition) is 4. The molecule has 28 heavy (non-hydrogen) atoms. The highest BCUT2D eigenvalue weighted by molar-refractivity contribution is 7.99. The molecule has 3 rings (SSSR count). The van der Waals surface area contributed by atoms with Crippen LogP contribution in [-0.2, 0) is 4.79 Å². The van der Waals surface area contributed by atoms with Gasteiger partial charge in [-0.25, -0.2) is 13.8 Å². The van der Waals surface area contributed by atoms with Crippen LogP contribution in [0.4, 0.5) is 14.5 Å². The fraction of sp³-hybridized carbons (Fsp3) is 0.316. The van der Waals surface area contributed by atoms with Crippen LogP contribution in [0.3, 0.4) is 0 Å². The number of fused-ring (bicyclic) bond motifs is 1. The van der Waals surface area contributed by atoms with E-state index in [-0.39, 0.29) is 23.0 Å². The zero-order valence-electron chi connectivity index (χ0n) is 15.7. The lowest BCUT2D eigenvalue weighted by Gasteiger charge is -2.17. The quantitative estimate of drug-likeness (QED) is 0.479. The second-order valence-electron chi connectivity index (χ2n) is 6.50. The molecule has 2 aromatic heterocycles. The fourth-order valence-corrected chi connectivity index (χ4v) is 3.67. The van der Waals surface area contributed by atoms with Gasteiger partial charge in [0.25, 0.3) is 5.56 Å². The van der Waals surface area contributed by atoms with Crippen LogP contribution in [0.25, 0.3) is 11.0 Å². The summed E-state index contributed by atoms with van der Waals surface area (Å²) >= 11 is 1.08. The Morgan fingerprint density at radius 3 is 2.82 bits per heavy atom. The number of aryl methyl sites for hydroxylation is 1. The van der Waals surface area contributed by atoms with Crippen LogP contribution in [0, 0.1) is 18.6 Å². The largest absolute Gasteiger partial charge is 0.353 e. The first-order valence-corrected chi connectivity index (χ1v) is 9.78. The molecule has 0 radical (unpaired) electrons. The lowest BCUT2D eigenvalue weighted by atomic mass is 10.2. The average molecular weight is 406 g/mol. The van der Waals surface area contributed by atoms with Gasteiger partial charge in [0.05, 0.1) is 17.0 Å². The normalized spacial score (nSPS) is 12.3.